The third kappa shape index (κ3) is 2.65. The average molecular weight is 352 g/mol. The van der Waals surface area contributed by atoms with E-state index in [0.717, 1.165) is 49.1 Å². The summed E-state index contributed by atoms with van der Waals surface area (Å²) < 4.78 is 12.6. The van der Waals surface area contributed by atoms with Crippen molar-refractivity contribution in [3.63, 3.8) is 0 Å². The molecule has 26 heavy (non-hydrogen) atoms. The van der Waals surface area contributed by atoms with Crippen LogP contribution in [0.25, 0.3) is 16.9 Å². The molecule has 1 aromatic carbocycles. The highest BCUT2D eigenvalue weighted by Crippen LogP contribution is 2.33. The Labute approximate surface area is 151 Å². The van der Waals surface area contributed by atoms with E-state index < -0.39 is 0 Å². The van der Waals surface area contributed by atoms with E-state index in [9.17, 15) is 4.79 Å². The van der Waals surface area contributed by atoms with Gasteiger partial charge in [-0.15, -0.1) is 0 Å². The number of methoxy groups -OCH3 is 2. The molecule has 0 N–H and O–H groups in total. The summed E-state index contributed by atoms with van der Waals surface area (Å²) in [6.07, 6.45) is 4.83. The molecule has 1 saturated heterocycles. The Morgan fingerprint density at radius 2 is 1.81 bits per heavy atom. The van der Waals surface area contributed by atoms with Crippen molar-refractivity contribution in [1.82, 2.24) is 14.5 Å². The Morgan fingerprint density at radius 1 is 1.08 bits per heavy atom. The summed E-state index contributed by atoms with van der Waals surface area (Å²) in [5, 5.41) is 0. The van der Waals surface area contributed by atoms with Crippen LogP contribution in [0.5, 0.6) is 11.5 Å². The molecule has 0 aliphatic carbocycles. The summed E-state index contributed by atoms with van der Waals surface area (Å²) in [6.45, 7) is 1.85. The third-order valence-electron chi connectivity index (χ3n) is 4.72. The van der Waals surface area contributed by atoms with E-state index in [2.05, 4.69) is 9.88 Å². The van der Waals surface area contributed by atoms with Gasteiger partial charge in [-0.1, -0.05) is 0 Å². The second kappa shape index (κ2) is 6.67. The van der Waals surface area contributed by atoms with Crippen LogP contribution < -0.4 is 14.4 Å². The van der Waals surface area contributed by atoms with Crippen LogP contribution >= 0.6 is 0 Å². The first kappa shape index (κ1) is 16.4. The molecule has 0 unspecified atom stereocenters. The Bertz CT molecular complexity index is 961. The van der Waals surface area contributed by atoms with Crippen molar-refractivity contribution in [3.8, 4) is 17.3 Å². The van der Waals surface area contributed by atoms with Crippen LogP contribution in [-0.4, -0.2) is 48.1 Å². The van der Waals surface area contributed by atoms with E-state index in [4.69, 9.17) is 14.5 Å². The van der Waals surface area contributed by atoms with Crippen LogP contribution in [0.3, 0.4) is 0 Å². The van der Waals surface area contributed by atoms with Gasteiger partial charge in [-0.2, -0.15) is 0 Å². The molecule has 2 aromatic heterocycles. The lowest BCUT2D eigenvalue weighted by Crippen LogP contribution is -2.21. The van der Waals surface area contributed by atoms with E-state index in [-0.39, 0.29) is 0 Å². The number of aldehydes is 1. The number of benzene rings is 1. The van der Waals surface area contributed by atoms with Crippen molar-refractivity contribution in [3.05, 3.63) is 36.2 Å². The van der Waals surface area contributed by atoms with Crippen LogP contribution in [-0.2, 0) is 0 Å². The number of carbonyl (C=O) groups is 1. The number of hydrogen-bond acceptors (Lipinski definition) is 6. The Morgan fingerprint density at radius 3 is 2.50 bits per heavy atom. The topological polar surface area (TPSA) is 69.5 Å². The molecule has 4 rings (SSSR count). The van der Waals surface area contributed by atoms with Gasteiger partial charge in [0.25, 0.3) is 0 Å². The van der Waals surface area contributed by atoms with Crippen LogP contribution in [0.15, 0.2) is 30.6 Å². The van der Waals surface area contributed by atoms with Gasteiger partial charge in [-0.25, -0.2) is 9.97 Å². The molecule has 1 aliphatic rings. The van der Waals surface area contributed by atoms with E-state index in [1.165, 1.54) is 0 Å². The van der Waals surface area contributed by atoms with Crippen LogP contribution in [0.1, 0.15) is 23.2 Å². The zero-order valence-corrected chi connectivity index (χ0v) is 14.8. The second-order valence-electron chi connectivity index (χ2n) is 6.20. The normalized spacial score (nSPS) is 14.0. The van der Waals surface area contributed by atoms with Gasteiger partial charge >= 0.3 is 0 Å². The van der Waals surface area contributed by atoms with Crippen LogP contribution in [0.2, 0.25) is 0 Å². The molecule has 0 spiro atoms. The molecule has 0 radical (unpaired) electrons. The lowest BCUT2D eigenvalue weighted by molar-refractivity contribution is 0.112. The van der Waals surface area contributed by atoms with Crippen molar-refractivity contribution in [2.24, 2.45) is 0 Å². The van der Waals surface area contributed by atoms with Crippen molar-refractivity contribution in [1.29, 1.82) is 0 Å². The van der Waals surface area contributed by atoms with E-state index in [0.29, 0.717) is 22.9 Å². The van der Waals surface area contributed by atoms with Gasteiger partial charge in [0.05, 0.1) is 30.8 Å². The number of nitrogens with zero attached hydrogens (tertiary/aromatic N) is 4. The number of ether oxygens (including phenoxy) is 2. The molecule has 7 heteroatoms. The molecule has 1 fully saturated rings. The van der Waals surface area contributed by atoms with E-state index in [1.807, 2.05) is 28.8 Å². The van der Waals surface area contributed by atoms with E-state index in [1.54, 1.807) is 20.5 Å². The van der Waals surface area contributed by atoms with Gasteiger partial charge in [0, 0.05) is 25.2 Å². The number of hydrogen-bond donors (Lipinski definition) is 0. The van der Waals surface area contributed by atoms with Gasteiger partial charge in [-0.05, 0) is 25.0 Å². The molecule has 134 valence electrons. The molecule has 0 atom stereocenters. The fraction of sp³-hybridized carbons (Fsp3) is 0.316. The number of rotatable bonds is 5. The summed E-state index contributed by atoms with van der Waals surface area (Å²) in [5.74, 6) is 2.71. The van der Waals surface area contributed by atoms with Crippen molar-refractivity contribution >= 4 is 23.1 Å². The van der Waals surface area contributed by atoms with Crippen LogP contribution in [0.4, 0.5) is 5.82 Å². The first-order valence-electron chi connectivity index (χ1n) is 8.56. The van der Waals surface area contributed by atoms with Crippen molar-refractivity contribution in [2.75, 3.05) is 32.2 Å². The SMILES string of the molecule is COc1cc2ncn(-c3ccc(C=O)c(N4CCCC4)n3)c2cc1OC. The molecule has 3 heterocycles. The molecule has 0 bridgehead atoms. The highest BCUT2D eigenvalue weighted by Gasteiger charge is 2.19. The highest BCUT2D eigenvalue weighted by atomic mass is 16.5. The lowest BCUT2D eigenvalue weighted by Gasteiger charge is -2.19. The number of carbonyl (C=O) groups excluding carboxylic acids is 1. The summed E-state index contributed by atoms with van der Waals surface area (Å²) >= 11 is 0. The standard InChI is InChI=1S/C19H20N4O3/c1-25-16-9-14-15(10-17(16)26-2)23(12-20-14)18-6-5-13(11-24)19(21-18)22-7-3-4-8-22/h5-6,9-12H,3-4,7-8H2,1-2H3. The third-order valence-corrected chi connectivity index (χ3v) is 4.72. The minimum Gasteiger partial charge on any atom is -0.493 e. The number of anilines is 1. The maximum atomic E-state index is 11.4. The van der Waals surface area contributed by atoms with Crippen molar-refractivity contribution < 1.29 is 14.3 Å². The number of aromatic nitrogens is 3. The first-order chi connectivity index (χ1) is 12.7. The maximum absolute atomic E-state index is 11.4. The highest BCUT2D eigenvalue weighted by molar-refractivity contribution is 5.84. The van der Waals surface area contributed by atoms with Gasteiger partial charge in [0.2, 0.25) is 0 Å². The van der Waals surface area contributed by atoms with Gasteiger partial charge < -0.3 is 14.4 Å². The van der Waals surface area contributed by atoms with Crippen molar-refractivity contribution in [2.45, 2.75) is 12.8 Å². The quantitative estimate of drug-likeness (QED) is 0.658. The smallest absolute Gasteiger partial charge is 0.163 e. The van der Waals surface area contributed by atoms with Crippen LogP contribution in [0, 0.1) is 0 Å². The Kier molecular flexibility index (Phi) is 4.20. The average Bonchev–Trinajstić information content (AvgIpc) is 3.36. The fourth-order valence-corrected chi connectivity index (χ4v) is 3.38. The van der Waals surface area contributed by atoms with Gasteiger partial charge in [-0.3, -0.25) is 9.36 Å². The summed E-state index contributed by atoms with van der Waals surface area (Å²) in [7, 11) is 3.20. The summed E-state index contributed by atoms with van der Waals surface area (Å²) in [4.78, 5) is 22.8. The Balaban J connectivity index is 1.84. The van der Waals surface area contributed by atoms with E-state index >= 15 is 0 Å². The summed E-state index contributed by atoms with van der Waals surface area (Å²) in [6, 6.07) is 7.37. The zero-order chi connectivity index (χ0) is 18.1. The molecule has 0 amide bonds. The molecular formula is C19H20N4O3. The lowest BCUT2D eigenvalue weighted by atomic mass is 10.2. The predicted molar refractivity (Wildman–Crippen MR) is 98.8 cm³/mol. The minimum absolute atomic E-state index is 0.610. The fourth-order valence-electron chi connectivity index (χ4n) is 3.38. The predicted octanol–water partition coefficient (Wildman–Crippen LogP) is 2.85. The molecule has 1 aliphatic heterocycles. The summed E-state index contributed by atoms with van der Waals surface area (Å²) in [5.41, 5.74) is 2.26. The molecule has 3 aromatic rings. The largest absolute Gasteiger partial charge is 0.493 e. The maximum Gasteiger partial charge on any atom is 0.163 e. The number of fused-ring (bicyclic) bond motifs is 1. The molecule has 0 saturated carbocycles. The zero-order valence-electron chi connectivity index (χ0n) is 14.8. The monoisotopic (exact) mass is 352 g/mol. The van der Waals surface area contributed by atoms with Gasteiger partial charge in [0.1, 0.15) is 18.0 Å². The Hall–Kier alpha value is -3.09. The number of pyridine rings is 1. The second-order valence-corrected chi connectivity index (χ2v) is 6.20. The number of imidazole rings is 1. The molecular weight excluding hydrogens is 332 g/mol. The molecule has 7 nitrogen and oxygen atoms in total. The first-order valence-corrected chi connectivity index (χ1v) is 8.56. The minimum atomic E-state index is 0.610. The van der Waals surface area contributed by atoms with Gasteiger partial charge in [0.15, 0.2) is 17.8 Å².